The quantitative estimate of drug-likeness (QED) is 0.608. The second-order valence-electron chi connectivity index (χ2n) is 2.80. The van der Waals surface area contributed by atoms with Crippen molar-refractivity contribution in [2.45, 2.75) is 20.8 Å². The monoisotopic (exact) mass is 148 g/mol. The van der Waals surface area contributed by atoms with Crippen LogP contribution < -0.4 is 0 Å². The van der Waals surface area contributed by atoms with Crippen LogP contribution in [0.5, 0.6) is 0 Å². The molecule has 1 N–H and O–H groups in total. The van der Waals surface area contributed by atoms with E-state index >= 15 is 0 Å². The molecule has 0 saturated heterocycles. The second kappa shape index (κ2) is 2.82. The lowest BCUT2D eigenvalue weighted by Gasteiger charge is -2.02. The fourth-order valence-electron chi connectivity index (χ4n) is 1.11. The predicted molar refractivity (Wildman–Crippen MR) is 46.2 cm³/mol. The maximum absolute atomic E-state index is 7.38. The van der Waals surface area contributed by atoms with Crippen molar-refractivity contribution in [1.82, 2.24) is 4.98 Å². The summed E-state index contributed by atoms with van der Waals surface area (Å²) in [5.41, 5.74) is 3.56. The van der Waals surface area contributed by atoms with E-state index in [1.54, 1.807) is 13.1 Å². The Balaban J connectivity index is 3.20. The molecule has 1 aromatic rings. The second-order valence-corrected chi connectivity index (χ2v) is 2.80. The number of nitrogens with zero attached hydrogens (tertiary/aromatic N) is 1. The Morgan fingerprint density at radius 3 is 2.55 bits per heavy atom. The molecule has 0 aliphatic rings. The number of aryl methyl sites for hydroxylation is 2. The summed E-state index contributed by atoms with van der Waals surface area (Å²) in [7, 11) is 0. The van der Waals surface area contributed by atoms with Crippen molar-refractivity contribution >= 4 is 5.71 Å². The largest absolute Gasteiger partial charge is 0.303 e. The van der Waals surface area contributed by atoms with Crippen LogP contribution in [0.15, 0.2) is 12.3 Å². The van der Waals surface area contributed by atoms with Crippen molar-refractivity contribution in [1.29, 1.82) is 5.41 Å². The van der Waals surface area contributed by atoms with E-state index < -0.39 is 0 Å². The summed E-state index contributed by atoms with van der Waals surface area (Å²) in [6, 6.07) is 2.04. The minimum atomic E-state index is 0.530. The Bertz CT molecular complexity index is 290. The van der Waals surface area contributed by atoms with Crippen LogP contribution in [0, 0.1) is 19.3 Å². The van der Waals surface area contributed by atoms with Gasteiger partial charge in [-0.05, 0) is 31.9 Å². The van der Waals surface area contributed by atoms with Crippen molar-refractivity contribution in [2.75, 3.05) is 0 Å². The molecule has 0 saturated carbocycles. The molecule has 0 bridgehead atoms. The van der Waals surface area contributed by atoms with E-state index in [0.717, 1.165) is 16.8 Å². The fraction of sp³-hybridized carbons (Fsp3) is 0.333. The number of rotatable bonds is 1. The van der Waals surface area contributed by atoms with Gasteiger partial charge in [0.05, 0.1) is 11.4 Å². The van der Waals surface area contributed by atoms with E-state index in [-0.39, 0.29) is 0 Å². The Hall–Kier alpha value is -1.18. The van der Waals surface area contributed by atoms with E-state index in [1.807, 2.05) is 19.9 Å². The Kier molecular flexibility index (Phi) is 2.03. The van der Waals surface area contributed by atoms with E-state index in [2.05, 4.69) is 4.98 Å². The van der Waals surface area contributed by atoms with Gasteiger partial charge in [0, 0.05) is 6.20 Å². The predicted octanol–water partition coefficient (Wildman–Crippen LogP) is 2.09. The summed E-state index contributed by atoms with van der Waals surface area (Å²) in [6.45, 7) is 5.74. The molecule has 0 aliphatic heterocycles. The first-order chi connectivity index (χ1) is 5.11. The van der Waals surface area contributed by atoms with Crippen molar-refractivity contribution in [3.05, 3.63) is 29.1 Å². The van der Waals surface area contributed by atoms with Gasteiger partial charge in [0.2, 0.25) is 0 Å². The van der Waals surface area contributed by atoms with Crippen molar-refractivity contribution in [3.8, 4) is 0 Å². The molecule has 1 aromatic heterocycles. The Labute approximate surface area is 66.8 Å². The van der Waals surface area contributed by atoms with Crippen molar-refractivity contribution in [3.63, 3.8) is 0 Å². The molecular formula is C9H12N2. The van der Waals surface area contributed by atoms with Crippen LogP contribution in [-0.2, 0) is 0 Å². The molecule has 0 radical (unpaired) electrons. The lowest BCUT2D eigenvalue weighted by atomic mass is 10.1. The summed E-state index contributed by atoms with van der Waals surface area (Å²) >= 11 is 0. The number of nitrogens with one attached hydrogen (secondary N) is 1. The van der Waals surface area contributed by atoms with Gasteiger partial charge in [-0.1, -0.05) is 6.07 Å². The van der Waals surface area contributed by atoms with E-state index in [1.165, 1.54) is 0 Å². The van der Waals surface area contributed by atoms with Gasteiger partial charge in [-0.2, -0.15) is 0 Å². The van der Waals surface area contributed by atoms with Crippen LogP contribution in [0.2, 0.25) is 0 Å². The molecule has 58 valence electrons. The molecule has 0 spiro atoms. The van der Waals surface area contributed by atoms with E-state index in [4.69, 9.17) is 5.41 Å². The summed E-state index contributed by atoms with van der Waals surface area (Å²) in [5, 5.41) is 7.38. The molecule has 0 unspecified atom stereocenters. The average Bonchev–Trinajstić information content (AvgIpc) is 1.85. The fourth-order valence-corrected chi connectivity index (χ4v) is 1.11. The molecule has 1 heterocycles. The topological polar surface area (TPSA) is 36.7 Å². The molecular weight excluding hydrogens is 136 g/mol. The first-order valence-electron chi connectivity index (χ1n) is 3.60. The maximum Gasteiger partial charge on any atom is 0.0863 e. The number of hydrogen-bond donors (Lipinski definition) is 1. The van der Waals surface area contributed by atoms with Gasteiger partial charge in [0.1, 0.15) is 0 Å². The number of aromatic nitrogens is 1. The highest BCUT2D eigenvalue weighted by atomic mass is 14.7. The summed E-state index contributed by atoms with van der Waals surface area (Å²) in [4.78, 5) is 4.15. The average molecular weight is 148 g/mol. The smallest absolute Gasteiger partial charge is 0.0863 e. The van der Waals surface area contributed by atoms with Gasteiger partial charge in [-0.15, -0.1) is 0 Å². The first kappa shape index (κ1) is 7.92. The van der Waals surface area contributed by atoms with Crippen molar-refractivity contribution < 1.29 is 0 Å². The highest BCUT2D eigenvalue weighted by Gasteiger charge is 2.00. The Morgan fingerprint density at radius 2 is 2.09 bits per heavy atom. The van der Waals surface area contributed by atoms with Gasteiger partial charge in [-0.25, -0.2) is 0 Å². The molecule has 0 aliphatic carbocycles. The van der Waals surface area contributed by atoms with Gasteiger partial charge in [0.25, 0.3) is 0 Å². The molecule has 1 rings (SSSR count). The standard InChI is InChI=1S/C9H12N2/c1-6-4-7(2)9(8(3)10)11-5-6/h4-5,10H,1-3H3. The zero-order valence-corrected chi connectivity index (χ0v) is 7.10. The van der Waals surface area contributed by atoms with Crippen LogP contribution in [0.4, 0.5) is 0 Å². The summed E-state index contributed by atoms with van der Waals surface area (Å²) < 4.78 is 0. The zero-order chi connectivity index (χ0) is 8.43. The summed E-state index contributed by atoms with van der Waals surface area (Å²) in [6.07, 6.45) is 1.79. The molecule has 11 heavy (non-hydrogen) atoms. The van der Waals surface area contributed by atoms with Crippen LogP contribution in [-0.4, -0.2) is 10.7 Å². The third kappa shape index (κ3) is 1.64. The minimum absolute atomic E-state index is 0.530. The lowest BCUT2D eigenvalue weighted by molar-refractivity contribution is 1.18. The van der Waals surface area contributed by atoms with Gasteiger partial charge >= 0.3 is 0 Å². The Morgan fingerprint density at radius 1 is 1.45 bits per heavy atom. The molecule has 2 nitrogen and oxygen atoms in total. The van der Waals surface area contributed by atoms with Crippen molar-refractivity contribution in [2.24, 2.45) is 0 Å². The van der Waals surface area contributed by atoms with Crippen LogP contribution in [0.25, 0.3) is 0 Å². The van der Waals surface area contributed by atoms with Crippen LogP contribution in [0.1, 0.15) is 23.7 Å². The van der Waals surface area contributed by atoms with E-state index in [0.29, 0.717) is 5.71 Å². The minimum Gasteiger partial charge on any atom is -0.303 e. The molecule has 2 heteroatoms. The van der Waals surface area contributed by atoms with Gasteiger partial charge < -0.3 is 5.41 Å². The maximum atomic E-state index is 7.38. The highest BCUT2D eigenvalue weighted by molar-refractivity contribution is 5.95. The third-order valence-electron chi connectivity index (χ3n) is 1.57. The first-order valence-corrected chi connectivity index (χ1v) is 3.60. The lowest BCUT2D eigenvalue weighted by Crippen LogP contribution is -1.99. The summed E-state index contributed by atoms with van der Waals surface area (Å²) in [5.74, 6) is 0. The SMILES string of the molecule is CC(=N)c1ncc(C)cc1C. The van der Waals surface area contributed by atoms with Crippen LogP contribution in [0.3, 0.4) is 0 Å². The number of hydrogen-bond acceptors (Lipinski definition) is 2. The van der Waals surface area contributed by atoms with Crippen LogP contribution >= 0.6 is 0 Å². The molecule has 0 fully saturated rings. The normalized spacial score (nSPS) is 9.73. The highest BCUT2D eigenvalue weighted by Crippen LogP contribution is 2.06. The third-order valence-corrected chi connectivity index (χ3v) is 1.57. The number of pyridine rings is 1. The molecule has 0 aromatic carbocycles. The van der Waals surface area contributed by atoms with Gasteiger partial charge in [0.15, 0.2) is 0 Å². The zero-order valence-electron chi connectivity index (χ0n) is 7.10. The molecule has 0 atom stereocenters. The van der Waals surface area contributed by atoms with Gasteiger partial charge in [-0.3, -0.25) is 4.98 Å². The molecule has 0 amide bonds. The van der Waals surface area contributed by atoms with E-state index in [9.17, 15) is 0 Å².